The van der Waals surface area contributed by atoms with Crippen molar-refractivity contribution in [3.05, 3.63) is 102 Å². The van der Waals surface area contributed by atoms with Gasteiger partial charge in [0.05, 0.1) is 0 Å². The van der Waals surface area contributed by atoms with Crippen molar-refractivity contribution in [1.29, 1.82) is 0 Å². The highest BCUT2D eigenvalue weighted by Gasteiger charge is 2.26. The van der Waals surface area contributed by atoms with E-state index in [2.05, 4.69) is 4.98 Å². The minimum absolute atomic E-state index is 0.166. The third-order valence-corrected chi connectivity index (χ3v) is 3.50. The van der Waals surface area contributed by atoms with E-state index in [1.165, 1.54) is 6.20 Å². The molecular formula is C20H15NO3. The SMILES string of the molecule is O=C(OC(C(=O)c1ccccc1)c1ccccc1)c1ccccn1. The Bertz CT molecular complexity index is 817. The second-order valence-corrected chi connectivity index (χ2v) is 5.14. The van der Waals surface area contributed by atoms with E-state index in [0.717, 1.165) is 0 Å². The lowest BCUT2D eigenvalue weighted by molar-refractivity contribution is 0.0274. The van der Waals surface area contributed by atoms with Gasteiger partial charge in [-0.25, -0.2) is 9.78 Å². The minimum Gasteiger partial charge on any atom is -0.444 e. The molecule has 0 saturated carbocycles. The van der Waals surface area contributed by atoms with Gasteiger partial charge >= 0.3 is 5.97 Å². The Morgan fingerprint density at radius 3 is 2.04 bits per heavy atom. The number of esters is 1. The van der Waals surface area contributed by atoms with Crippen LogP contribution in [-0.4, -0.2) is 16.7 Å². The van der Waals surface area contributed by atoms with Crippen molar-refractivity contribution in [3.63, 3.8) is 0 Å². The summed E-state index contributed by atoms with van der Waals surface area (Å²) < 4.78 is 5.49. The van der Waals surface area contributed by atoms with Gasteiger partial charge in [-0.3, -0.25) is 4.79 Å². The first-order valence-corrected chi connectivity index (χ1v) is 7.52. The van der Waals surface area contributed by atoms with Crippen LogP contribution in [0.5, 0.6) is 0 Å². The molecule has 1 aromatic heterocycles. The molecule has 1 unspecified atom stereocenters. The van der Waals surface area contributed by atoms with E-state index in [4.69, 9.17) is 4.74 Å². The van der Waals surface area contributed by atoms with Gasteiger partial charge < -0.3 is 4.74 Å². The topological polar surface area (TPSA) is 56.3 Å². The van der Waals surface area contributed by atoms with Crippen molar-refractivity contribution in [3.8, 4) is 0 Å². The molecule has 2 aromatic carbocycles. The molecule has 0 aliphatic rings. The van der Waals surface area contributed by atoms with E-state index in [-0.39, 0.29) is 11.5 Å². The normalized spacial score (nSPS) is 11.5. The molecule has 4 nitrogen and oxygen atoms in total. The molecule has 1 atom stereocenters. The van der Waals surface area contributed by atoms with Crippen molar-refractivity contribution in [2.45, 2.75) is 6.10 Å². The minimum atomic E-state index is -1.01. The van der Waals surface area contributed by atoms with E-state index < -0.39 is 12.1 Å². The second kappa shape index (κ2) is 7.33. The maximum Gasteiger partial charge on any atom is 0.357 e. The van der Waals surface area contributed by atoms with Gasteiger partial charge in [0, 0.05) is 17.3 Å². The van der Waals surface area contributed by atoms with Gasteiger partial charge in [0.15, 0.2) is 6.10 Å². The van der Waals surface area contributed by atoms with Gasteiger partial charge in [-0.05, 0) is 12.1 Å². The predicted molar refractivity (Wildman–Crippen MR) is 89.6 cm³/mol. The van der Waals surface area contributed by atoms with E-state index in [9.17, 15) is 9.59 Å². The Hall–Kier alpha value is -3.27. The van der Waals surface area contributed by atoms with Crippen molar-refractivity contribution in [1.82, 2.24) is 4.98 Å². The molecule has 0 aliphatic carbocycles. The summed E-state index contributed by atoms with van der Waals surface area (Å²) in [5.74, 6) is -0.903. The van der Waals surface area contributed by atoms with E-state index in [0.29, 0.717) is 11.1 Å². The van der Waals surface area contributed by atoms with Crippen LogP contribution in [0.4, 0.5) is 0 Å². The van der Waals surface area contributed by atoms with Crippen LogP contribution in [-0.2, 0) is 4.74 Å². The first-order valence-electron chi connectivity index (χ1n) is 7.52. The molecule has 4 heteroatoms. The fourth-order valence-corrected chi connectivity index (χ4v) is 2.31. The third kappa shape index (κ3) is 3.55. The zero-order valence-corrected chi connectivity index (χ0v) is 12.8. The van der Waals surface area contributed by atoms with Gasteiger partial charge in [0.1, 0.15) is 5.69 Å². The average molecular weight is 317 g/mol. The van der Waals surface area contributed by atoms with Crippen LogP contribution in [0.3, 0.4) is 0 Å². The first kappa shape index (κ1) is 15.6. The lowest BCUT2D eigenvalue weighted by atomic mass is 10.00. The maximum atomic E-state index is 12.8. The van der Waals surface area contributed by atoms with E-state index >= 15 is 0 Å². The second-order valence-electron chi connectivity index (χ2n) is 5.14. The molecule has 118 valence electrons. The van der Waals surface area contributed by atoms with Gasteiger partial charge in [0.25, 0.3) is 0 Å². The van der Waals surface area contributed by atoms with Crippen LogP contribution in [0, 0.1) is 0 Å². The summed E-state index contributed by atoms with van der Waals surface area (Å²) in [7, 11) is 0. The van der Waals surface area contributed by atoms with Crippen molar-refractivity contribution < 1.29 is 14.3 Å². The Morgan fingerprint density at radius 2 is 1.42 bits per heavy atom. The van der Waals surface area contributed by atoms with Crippen LogP contribution < -0.4 is 0 Å². The van der Waals surface area contributed by atoms with Crippen LogP contribution in [0.25, 0.3) is 0 Å². The molecular weight excluding hydrogens is 302 g/mol. The molecule has 0 amide bonds. The van der Waals surface area contributed by atoms with Crippen LogP contribution in [0.2, 0.25) is 0 Å². The van der Waals surface area contributed by atoms with Gasteiger partial charge in [0.2, 0.25) is 5.78 Å². The molecule has 3 aromatic rings. The van der Waals surface area contributed by atoms with Crippen molar-refractivity contribution >= 4 is 11.8 Å². The lowest BCUT2D eigenvalue weighted by Gasteiger charge is -2.17. The number of benzene rings is 2. The standard InChI is InChI=1S/C20H15NO3/c22-18(15-9-3-1-4-10-15)19(16-11-5-2-6-12-16)24-20(23)17-13-7-8-14-21-17/h1-14,19H. The number of hydrogen-bond donors (Lipinski definition) is 0. The predicted octanol–water partition coefficient (Wildman–Crippen LogP) is 3.86. The summed E-state index contributed by atoms with van der Waals surface area (Å²) in [4.78, 5) is 29.1. The van der Waals surface area contributed by atoms with Gasteiger partial charge in [-0.1, -0.05) is 66.7 Å². The molecule has 0 N–H and O–H groups in total. The molecule has 1 heterocycles. The molecule has 0 spiro atoms. The number of hydrogen-bond acceptors (Lipinski definition) is 4. The van der Waals surface area contributed by atoms with Gasteiger partial charge in [-0.15, -0.1) is 0 Å². The molecule has 24 heavy (non-hydrogen) atoms. The number of rotatable bonds is 5. The highest BCUT2D eigenvalue weighted by atomic mass is 16.5. The number of aromatic nitrogens is 1. The summed E-state index contributed by atoms with van der Waals surface area (Å²) >= 11 is 0. The Labute approximate surface area is 139 Å². The zero-order chi connectivity index (χ0) is 16.8. The Morgan fingerprint density at radius 1 is 0.792 bits per heavy atom. The number of carbonyl (C=O) groups excluding carboxylic acids is 2. The Balaban J connectivity index is 1.91. The monoisotopic (exact) mass is 317 g/mol. The Kier molecular flexibility index (Phi) is 4.77. The summed E-state index contributed by atoms with van der Waals surface area (Å²) in [6, 6.07) is 22.7. The summed E-state index contributed by atoms with van der Waals surface area (Å²) in [5.41, 5.74) is 1.27. The molecule has 0 fully saturated rings. The average Bonchev–Trinajstić information content (AvgIpc) is 2.67. The maximum absolute atomic E-state index is 12.8. The quantitative estimate of drug-likeness (QED) is 0.529. The number of nitrogens with zero attached hydrogens (tertiary/aromatic N) is 1. The summed E-state index contributed by atoms with van der Waals surface area (Å²) in [6.45, 7) is 0. The summed E-state index contributed by atoms with van der Waals surface area (Å²) in [5, 5.41) is 0. The highest BCUT2D eigenvalue weighted by molar-refractivity contribution is 6.01. The molecule has 3 rings (SSSR count). The fraction of sp³-hybridized carbons (Fsp3) is 0.0500. The molecule has 0 bridgehead atoms. The number of ether oxygens (including phenoxy) is 1. The fourth-order valence-electron chi connectivity index (χ4n) is 2.31. The number of pyridine rings is 1. The van der Waals surface area contributed by atoms with Crippen LogP contribution in [0.1, 0.15) is 32.5 Å². The number of Topliss-reactive ketones (excluding diaryl/α,β-unsaturated/α-hetero) is 1. The highest BCUT2D eigenvalue weighted by Crippen LogP contribution is 2.23. The van der Waals surface area contributed by atoms with Gasteiger partial charge in [-0.2, -0.15) is 0 Å². The van der Waals surface area contributed by atoms with Crippen LogP contribution in [0.15, 0.2) is 85.1 Å². The van der Waals surface area contributed by atoms with Crippen molar-refractivity contribution in [2.75, 3.05) is 0 Å². The molecule has 0 radical (unpaired) electrons. The zero-order valence-electron chi connectivity index (χ0n) is 12.8. The first-order chi connectivity index (χ1) is 11.8. The van der Waals surface area contributed by atoms with E-state index in [1.807, 2.05) is 12.1 Å². The number of carbonyl (C=O) groups is 2. The summed E-state index contributed by atoms with van der Waals surface area (Å²) in [6.07, 6.45) is 0.496. The smallest absolute Gasteiger partial charge is 0.357 e. The molecule has 0 aliphatic heterocycles. The molecule has 0 saturated heterocycles. The third-order valence-electron chi connectivity index (χ3n) is 3.50. The van der Waals surface area contributed by atoms with E-state index in [1.54, 1.807) is 66.7 Å². The lowest BCUT2D eigenvalue weighted by Crippen LogP contribution is -2.20. The number of ketones is 1. The van der Waals surface area contributed by atoms with Crippen molar-refractivity contribution in [2.24, 2.45) is 0 Å². The largest absolute Gasteiger partial charge is 0.444 e. The van der Waals surface area contributed by atoms with Crippen LogP contribution >= 0.6 is 0 Å².